The highest BCUT2D eigenvalue weighted by molar-refractivity contribution is 7.16. The van der Waals surface area contributed by atoms with Crippen molar-refractivity contribution < 1.29 is 9.18 Å². The van der Waals surface area contributed by atoms with Crippen molar-refractivity contribution >= 4 is 33.7 Å². The molecule has 118 valence electrons. The molecule has 2 aromatic heterocycles. The molecule has 3 rings (SSSR count). The molecular formula is C15H13FN4OS2. The van der Waals surface area contributed by atoms with Gasteiger partial charge in [0.1, 0.15) is 15.7 Å². The molecule has 0 radical (unpaired) electrons. The van der Waals surface area contributed by atoms with Gasteiger partial charge in [0.05, 0.1) is 11.2 Å². The van der Waals surface area contributed by atoms with Crippen LogP contribution in [0, 0.1) is 5.82 Å². The predicted octanol–water partition coefficient (Wildman–Crippen LogP) is 3.54. The van der Waals surface area contributed by atoms with Crippen LogP contribution < -0.4 is 5.32 Å². The van der Waals surface area contributed by atoms with Crippen molar-refractivity contribution in [2.24, 2.45) is 0 Å². The quantitative estimate of drug-likeness (QED) is 0.766. The number of anilines is 1. The Morgan fingerprint density at radius 3 is 2.65 bits per heavy atom. The number of hydrogen-bond donors (Lipinski definition) is 1. The summed E-state index contributed by atoms with van der Waals surface area (Å²) in [4.78, 5) is 16.9. The molecule has 5 nitrogen and oxygen atoms in total. The van der Waals surface area contributed by atoms with Crippen molar-refractivity contribution in [1.82, 2.24) is 15.2 Å². The second-order valence-electron chi connectivity index (χ2n) is 4.73. The summed E-state index contributed by atoms with van der Waals surface area (Å²) in [5.74, 6) is -0.511. The number of benzene rings is 1. The number of amides is 1. The van der Waals surface area contributed by atoms with E-state index < -0.39 is 0 Å². The lowest BCUT2D eigenvalue weighted by Crippen LogP contribution is -2.09. The third-order valence-corrected chi connectivity index (χ3v) is 5.01. The Balaban J connectivity index is 1.66. The average Bonchev–Trinajstić information content (AvgIpc) is 3.19. The minimum atomic E-state index is -0.267. The molecule has 0 atom stereocenters. The van der Waals surface area contributed by atoms with Crippen molar-refractivity contribution in [3.63, 3.8) is 0 Å². The molecule has 23 heavy (non-hydrogen) atoms. The minimum Gasteiger partial charge on any atom is -0.296 e. The largest absolute Gasteiger partial charge is 0.296 e. The Morgan fingerprint density at radius 1 is 1.17 bits per heavy atom. The fourth-order valence-corrected chi connectivity index (χ4v) is 3.40. The summed E-state index contributed by atoms with van der Waals surface area (Å²) < 4.78 is 12.9. The van der Waals surface area contributed by atoms with Crippen LogP contribution in [-0.2, 0) is 12.8 Å². The summed E-state index contributed by atoms with van der Waals surface area (Å²) in [5.41, 5.74) is 0.949. The van der Waals surface area contributed by atoms with Crippen LogP contribution in [0.1, 0.15) is 32.2 Å². The standard InChI is InChI=1S/C15H13FN4OS2/c1-2-12-19-20-15(23-12)18-14(21)11-8-17-13(22-11)7-9-3-5-10(16)6-4-9/h3-6,8H,2,7H2,1H3,(H,18,20,21). The molecule has 0 saturated heterocycles. The minimum absolute atomic E-state index is 0.244. The van der Waals surface area contributed by atoms with E-state index in [-0.39, 0.29) is 11.7 Å². The van der Waals surface area contributed by atoms with E-state index in [9.17, 15) is 9.18 Å². The molecule has 0 bridgehead atoms. The Labute approximate surface area is 140 Å². The molecule has 2 heterocycles. The number of aryl methyl sites for hydroxylation is 1. The van der Waals surface area contributed by atoms with Crippen molar-refractivity contribution in [2.45, 2.75) is 19.8 Å². The first-order valence-electron chi connectivity index (χ1n) is 6.97. The van der Waals surface area contributed by atoms with Crippen molar-refractivity contribution in [3.8, 4) is 0 Å². The topological polar surface area (TPSA) is 67.8 Å². The number of nitrogens with zero attached hydrogens (tertiary/aromatic N) is 3. The number of carbonyl (C=O) groups excluding carboxylic acids is 1. The van der Waals surface area contributed by atoms with Crippen LogP contribution in [0.2, 0.25) is 0 Å². The highest BCUT2D eigenvalue weighted by atomic mass is 32.1. The molecule has 0 aliphatic carbocycles. The zero-order valence-electron chi connectivity index (χ0n) is 12.2. The van der Waals surface area contributed by atoms with Crippen LogP contribution in [0.25, 0.3) is 0 Å². The molecule has 0 aliphatic rings. The second kappa shape index (κ2) is 6.93. The van der Waals surface area contributed by atoms with Crippen molar-refractivity contribution in [3.05, 3.63) is 56.7 Å². The molecule has 0 fully saturated rings. The molecule has 8 heteroatoms. The van der Waals surface area contributed by atoms with Crippen molar-refractivity contribution in [1.29, 1.82) is 0 Å². The third-order valence-electron chi connectivity index (χ3n) is 3.04. The molecule has 0 aliphatic heterocycles. The first kappa shape index (κ1) is 15.7. The smallest absolute Gasteiger partial charge is 0.269 e. The lowest BCUT2D eigenvalue weighted by Gasteiger charge is -1.98. The Morgan fingerprint density at radius 2 is 1.96 bits per heavy atom. The summed E-state index contributed by atoms with van der Waals surface area (Å²) in [5, 5.41) is 12.8. The van der Waals surface area contributed by atoms with E-state index in [4.69, 9.17) is 0 Å². The molecule has 0 saturated carbocycles. The normalized spacial score (nSPS) is 10.7. The van der Waals surface area contributed by atoms with E-state index in [0.29, 0.717) is 16.4 Å². The Hall–Kier alpha value is -2.19. The first-order valence-corrected chi connectivity index (χ1v) is 8.60. The van der Waals surface area contributed by atoms with Gasteiger partial charge in [-0.2, -0.15) is 0 Å². The van der Waals surface area contributed by atoms with Gasteiger partial charge in [-0.25, -0.2) is 9.37 Å². The lowest BCUT2D eigenvalue weighted by atomic mass is 10.2. The molecule has 3 aromatic rings. The van der Waals surface area contributed by atoms with Gasteiger partial charge in [-0.3, -0.25) is 10.1 Å². The number of aromatic nitrogens is 3. The van der Waals surface area contributed by atoms with Crippen LogP contribution in [0.15, 0.2) is 30.5 Å². The monoisotopic (exact) mass is 348 g/mol. The zero-order valence-corrected chi connectivity index (χ0v) is 13.9. The average molecular weight is 348 g/mol. The first-order chi connectivity index (χ1) is 11.1. The van der Waals surface area contributed by atoms with E-state index in [0.717, 1.165) is 22.0 Å². The van der Waals surface area contributed by atoms with Gasteiger partial charge in [-0.15, -0.1) is 21.5 Å². The van der Waals surface area contributed by atoms with Gasteiger partial charge in [0, 0.05) is 6.42 Å². The van der Waals surface area contributed by atoms with Crippen LogP contribution in [0.3, 0.4) is 0 Å². The molecular weight excluding hydrogens is 335 g/mol. The highest BCUT2D eigenvalue weighted by Crippen LogP contribution is 2.20. The summed E-state index contributed by atoms with van der Waals surface area (Å²) in [6.07, 6.45) is 2.90. The van der Waals surface area contributed by atoms with Crippen LogP contribution in [-0.4, -0.2) is 21.1 Å². The zero-order chi connectivity index (χ0) is 16.2. The van der Waals surface area contributed by atoms with E-state index in [1.807, 2.05) is 6.92 Å². The van der Waals surface area contributed by atoms with Gasteiger partial charge in [0.2, 0.25) is 5.13 Å². The van der Waals surface area contributed by atoms with E-state index >= 15 is 0 Å². The van der Waals surface area contributed by atoms with Crippen LogP contribution >= 0.6 is 22.7 Å². The van der Waals surface area contributed by atoms with Gasteiger partial charge < -0.3 is 0 Å². The van der Waals surface area contributed by atoms with E-state index in [1.54, 1.807) is 18.3 Å². The van der Waals surface area contributed by atoms with E-state index in [2.05, 4.69) is 20.5 Å². The summed E-state index contributed by atoms with van der Waals surface area (Å²) in [6, 6.07) is 6.25. The van der Waals surface area contributed by atoms with Crippen LogP contribution in [0.4, 0.5) is 9.52 Å². The molecule has 0 unspecified atom stereocenters. The van der Waals surface area contributed by atoms with Crippen molar-refractivity contribution in [2.75, 3.05) is 5.32 Å². The lowest BCUT2D eigenvalue weighted by molar-refractivity contribution is 0.103. The van der Waals surface area contributed by atoms with Crippen LogP contribution in [0.5, 0.6) is 0 Å². The number of nitrogens with one attached hydrogen (secondary N) is 1. The third kappa shape index (κ3) is 3.96. The van der Waals surface area contributed by atoms with Gasteiger partial charge >= 0.3 is 0 Å². The molecule has 1 aromatic carbocycles. The maximum atomic E-state index is 12.9. The van der Waals surface area contributed by atoms with Gasteiger partial charge in [0.25, 0.3) is 5.91 Å². The number of thiazole rings is 1. The van der Waals surface area contributed by atoms with Gasteiger partial charge in [-0.1, -0.05) is 30.4 Å². The SMILES string of the molecule is CCc1nnc(NC(=O)c2cnc(Cc3ccc(F)cc3)s2)s1. The number of rotatable bonds is 5. The molecule has 0 spiro atoms. The van der Waals surface area contributed by atoms with Gasteiger partial charge in [0.15, 0.2) is 0 Å². The summed E-state index contributed by atoms with van der Waals surface area (Å²) in [7, 11) is 0. The van der Waals surface area contributed by atoms with Gasteiger partial charge in [-0.05, 0) is 24.1 Å². The molecule has 1 N–H and O–H groups in total. The summed E-state index contributed by atoms with van der Waals surface area (Å²) >= 11 is 2.67. The summed E-state index contributed by atoms with van der Waals surface area (Å²) in [6.45, 7) is 1.98. The number of carbonyl (C=O) groups is 1. The van der Waals surface area contributed by atoms with E-state index in [1.165, 1.54) is 34.8 Å². The fraction of sp³-hybridized carbons (Fsp3) is 0.200. The molecule has 1 amide bonds. The Kier molecular flexibility index (Phi) is 4.73. The Bertz CT molecular complexity index is 813. The fourth-order valence-electron chi connectivity index (χ4n) is 1.88. The maximum Gasteiger partial charge on any atom is 0.269 e. The second-order valence-corrected chi connectivity index (χ2v) is 6.91. The highest BCUT2D eigenvalue weighted by Gasteiger charge is 2.13. The predicted molar refractivity (Wildman–Crippen MR) is 88.6 cm³/mol. The number of halogens is 1. The maximum absolute atomic E-state index is 12.9. The number of hydrogen-bond acceptors (Lipinski definition) is 6.